The number of ether oxygens (including phenoxy) is 1. The zero-order chi connectivity index (χ0) is 16.2. The van der Waals surface area contributed by atoms with Crippen LogP contribution in [0.25, 0.3) is 0 Å². The fraction of sp³-hybridized carbons (Fsp3) is 0.333. The molecule has 1 aromatic heterocycles. The van der Waals surface area contributed by atoms with Crippen molar-refractivity contribution in [3.63, 3.8) is 0 Å². The van der Waals surface area contributed by atoms with Crippen molar-refractivity contribution in [1.29, 1.82) is 0 Å². The van der Waals surface area contributed by atoms with Crippen LogP contribution in [0.2, 0.25) is 0 Å². The van der Waals surface area contributed by atoms with E-state index in [0.29, 0.717) is 24.4 Å². The number of hydrogen-bond acceptors (Lipinski definition) is 3. The lowest BCUT2D eigenvalue weighted by Crippen LogP contribution is -2.32. The molecule has 2 heterocycles. The number of methoxy groups -OCH3 is 1. The molecule has 0 fully saturated rings. The molecule has 5 nitrogen and oxygen atoms in total. The number of hydrogen-bond donors (Lipinski definition) is 1. The first-order valence-corrected chi connectivity index (χ1v) is 7.83. The molecule has 0 saturated heterocycles. The van der Waals surface area contributed by atoms with Crippen LogP contribution in [0.1, 0.15) is 34.5 Å². The number of amides is 1. The number of nitrogens with zero attached hydrogens (tertiary/aromatic N) is 1. The van der Waals surface area contributed by atoms with Gasteiger partial charge in [-0.3, -0.25) is 9.59 Å². The van der Waals surface area contributed by atoms with Gasteiger partial charge in [0.25, 0.3) is 11.5 Å². The molecule has 2 aromatic rings. The summed E-state index contributed by atoms with van der Waals surface area (Å²) in [5, 5.41) is 2.93. The number of nitrogens with one attached hydrogen (secondary N) is 1. The fourth-order valence-electron chi connectivity index (χ4n) is 3.01. The molecule has 0 saturated carbocycles. The first-order valence-electron chi connectivity index (χ1n) is 7.83. The quantitative estimate of drug-likeness (QED) is 0.941. The average molecular weight is 312 g/mol. The van der Waals surface area contributed by atoms with Gasteiger partial charge < -0.3 is 14.6 Å². The van der Waals surface area contributed by atoms with E-state index < -0.39 is 0 Å². The number of fused-ring (bicyclic) bond motifs is 1. The second kappa shape index (κ2) is 6.69. The molecule has 5 heteroatoms. The molecule has 0 bridgehead atoms. The first-order chi connectivity index (χ1) is 11.2. The van der Waals surface area contributed by atoms with Crippen molar-refractivity contribution in [3.05, 3.63) is 63.6 Å². The minimum absolute atomic E-state index is 0.101. The molecule has 3 rings (SSSR count). The smallest absolute Gasteiger partial charge is 0.257 e. The molecular formula is C18H20N2O3. The third kappa shape index (κ3) is 3.13. The third-order valence-electron chi connectivity index (χ3n) is 4.17. The van der Waals surface area contributed by atoms with Crippen molar-refractivity contribution >= 4 is 5.91 Å². The first kappa shape index (κ1) is 15.3. The third-order valence-corrected chi connectivity index (χ3v) is 4.17. The van der Waals surface area contributed by atoms with Crippen molar-refractivity contribution in [1.82, 2.24) is 9.88 Å². The lowest BCUT2D eigenvalue weighted by molar-refractivity contribution is 0.0945. The van der Waals surface area contributed by atoms with Crippen molar-refractivity contribution in [2.75, 3.05) is 7.11 Å². The van der Waals surface area contributed by atoms with E-state index in [0.717, 1.165) is 30.5 Å². The number of carbonyl (C=O) groups excluding carboxylic acids is 1. The Kier molecular flexibility index (Phi) is 4.46. The summed E-state index contributed by atoms with van der Waals surface area (Å²) < 4.78 is 6.99. The molecule has 1 aromatic carbocycles. The maximum absolute atomic E-state index is 12.7. The average Bonchev–Trinajstić information content (AvgIpc) is 2.60. The summed E-state index contributed by atoms with van der Waals surface area (Å²) in [6.07, 6.45) is 2.66. The van der Waals surface area contributed by atoms with E-state index in [-0.39, 0.29) is 11.5 Å². The molecule has 23 heavy (non-hydrogen) atoms. The molecular weight excluding hydrogens is 292 g/mol. The molecule has 1 aliphatic rings. The fourth-order valence-corrected chi connectivity index (χ4v) is 3.01. The zero-order valence-corrected chi connectivity index (χ0v) is 13.2. The minimum Gasteiger partial charge on any atom is -0.496 e. The second-order valence-corrected chi connectivity index (χ2v) is 5.65. The van der Waals surface area contributed by atoms with E-state index >= 15 is 0 Å². The van der Waals surface area contributed by atoms with Gasteiger partial charge in [0.15, 0.2) is 0 Å². The van der Waals surface area contributed by atoms with Gasteiger partial charge in [0, 0.05) is 24.8 Å². The standard InChI is InChI=1S/C18H20N2O3/c1-23-15-11-16(21)20-10-6-5-9-14(20)17(15)18(22)19-12-13-7-3-2-4-8-13/h2-4,7-8,11H,5-6,9-10,12H2,1H3,(H,19,22). The maximum Gasteiger partial charge on any atom is 0.257 e. The molecule has 1 aliphatic heterocycles. The van der Waals surface area contributed by atoms with Crippen molar-refractivity contribution in [2.45, 2.75) is 32.4 Å². The Hall–Kier alpha value is -2.56. The van der Waals surface area contributed by atoms with Gasteiger partial charge in [-0.1, -0.05) is 30.3 Å². The number of carbonyl (C=O) groups is 1. The van der Waals surface area contributed by atoms with Gasteiger partial charge in [0.05, 0.1) is 7.11 Å². The van der Waals surface area contributed by atoms with Crippen LogP contribution >= 0.6 is 0 Å². The Labute approximate surface area is 134 Å². The van der Waals surface area contributed by atoms with Crippen LogP contribution in [-0.4, -0.2) is 17.6 Å². The zero-order valence-electron chi connectivity index (χ0n) is 13.2. The van der Waals surface area contributed by atoms with Gasteiger partial charge in [-0.15, -0.1) is 0 Å². The van der Waals surface area contributed by atoms with Crippen LogP contribution in [-0.2, 0) is 19.5 Å². The largest absolute Gasteiger partial charge is 0.496 e. The summed E-state index contributed by atoms with van der Waals surface area (Å²) >= 11 is 0. The Morgan fingerprint density at radius 3 is 2.78 bits per heavy atom. The SMILES string of the molecule is COc1cc(=O)n2c(c1C(=O)NCc1ccccc1)CCCC2. The van der Waals surface area contributed by atoms with Gasteiger partial charge in [0.2, 0.25) is 0 Å². The van der Waals surface area contributed by atoms with Gasteiger partial charge in [-0.05, 0) is 24.8 Å². The normalized spacial score (nSPS) is 13.3. The van der Waals surface area contributed by atoms with Crippen LogP contribution in [0.5, 0.6) is 5.75 Å². The summed E-state index contributed by atoms with van der Waals surface area (Å²) in [7, 11) is 1.49. The molecule has 1 N–H and O–H groups in total. The summed E-state index contributed by atoms with van der Waals surface area (Å²) in [4.78, 5) is 24.8. The highest BCUT2D eigenvalue weighted by atomic mass is 16.5. The topological polar surface area (TPSA) is 60.3 Å². The van der Waals surface area contributed by atoms with E-state index in [9.17, 15) is 9.59 Å². The van der Waals surface area contributed by atoms with Crippen molar-refractivity contribution in [2.24, 2.45) is 0 Å². The van der Waals surface area contributed by atoms with Crippen LogP contribution in [0.15, 0.2) is 41.2 Å². The van der Waals surface area contributed by atoms with Crippen molar-refractivity contribution in [3.8, 4) is 5.75 Å². The summed E-state index contributed by atoms with van der Waals surface area (Å²) in [5.41, 5.74) is 2.20. The van der Waals surface area contributed by atoms with Crippen molar-refractivity contribution < 1.29 is 9.53 Å². The maximum atomic E-state index is 12.7. The molecule has 0 radical (unpaired) electrons. The number of benzene rings is 1. The molecule has 1 amide bonds. The predicted molar refractivity (Wildman–Crippen MR) is 87.8 cm³/mol. The monoisotopic (exact) mass is 312 g/mol. The number of aromatic nitrogens is 1. The number of rotatable bonds is 4. The van der Waals surface area contributed by atoms with E-state index in [1.807, 2.05) is 30.3 Å². The van der Waals surface area contributed by atoms with E-state index in [1.165, 1.54) is 13.2 Å². The van der Waals surface area contributed by atoms with Gasteiger partial charge in [-0.25, -0.2) is 0 Å². The van der Waals surface area contributed by atoms with Crippen LogP contribution in [0.3, 0.4) is 0 Å². The van der Waals surface area contributed by atoms with Crippen LogP contribution < -0.4 is 15.6 Å². The Bertz CT molecular complexity index is 766. The Morgan fingerprint density at radius 1 is 1.26 bits per heavy atom. The highest BCUT2D eigenvalue weighted by Crippen LogP contribution is 2.24. The Morgan fingerprint density at radius 2 is 2.04 bits per heavy atom. The predicted octanol–water partition coefficient (Wildman–Crippen LogP) is 2.12. The highest BCUT2D eigenvalue weighted by Gasteiger charge is 2.23. The van der Waals surface area contributed by atoms with Gasteiger partial charge in [-0.2, -0.15) is 0 Å². The van der Waals surface area contributed by atoms with Gasteiger partial charge >= 0.3 is 0 Å². The van der Waals surface area contributed by atoms with E-state index in [2.05, 4.69) is 5.32 Å². The number of pyridine rings is 1. The molecule has 0 spiro atoms. The minimum atomic E-state index is -0.198. The summed E-state index contributed by atoms with van der Waals surface area (Å²) in [6, 6.07) is 11.1. The molecule has 0 unspecified atom stereocenters. The molecule has 0 aliphatic carbocycles. The summed E-state index contributed by atoms with van der Waals surface area (Å²) in [6.45, 7) is 1.11. The highest BCUT2D eigenvalue weighted by molar-refractivity contribution is 5.98. The lowest BCUT2D eigenvalue weighted by Gasteiger charge is -2.22. The summed E-state index contributed by atoms with van der Waals surface area (Å²) in [5.74, 6) is 0.157. The van der Waals surface area contributed by atoms with E-state index in [1.54, 1.807) is 4.57 Å². The van der Waals surface area contributed by atoms with E-state index in [4.69, 9.17) is 4.74 Å². The van der Waals surface area contributed by atoms with Crippen LogP contribution in [0, 0.1) is 0 Å². The van der Waals surface area contributed by atoms with Crippen LogP contribution in [0.4, 0.5) is 0 Å². The molecule has 120 valence electrons. The second-order valence-electron chi connectivity index (χ2n) is 5.65. The lowest BCUT2D eigenvalue weighted by atomic mass is 10.0. The Balaban J connectivity index is 1.91. The molecule has 0 atom stereocenters. The van der Waals surface area contributed by atoms with Gasteiger partial charge in [0.1, 0.15) is 11.3 Å².